The van der Waals surface area contributed by atoms with Crippen LogP contribution in [0.15, 0.2) is 53.4 Å². The van der Waals surface area contributed by atoms with Gasteiger partial charge in [-0.05, 0) is 36.4 Å². The molecule has 7 heteroatoms. The Morgan fingerprint density at radius 2 is 1.68 bits per heavy atom. The van der Waals surface area contributed by atoms with Gasteiger partial charge in [-0.3, -0.25) is 9.52 Å². The molecule has 0 saturated heterocycles. The normalized spacial score (nSPS) is 11.0. The van der Waals surface area contributed by atoms with Gasteiger partial charge in [0, 0.05) is 19.0 Å². The second-order valence-corrected chi connectivity index (χ2v) is 6.77. The minimum absolute atomic E-state index is 0.0946. The third-order valence-electron chi connectivity index (χ3n) is 3.11. The van der Waals surface area contributed by atoms with Crippen molar-refractivity contribution in [1.29, 1.82) is 0 Å². The molecule has 116 valence electrons. The molecule has 0 aliphatic carbocycles. The molecule has 0 aliphatic heterocycles. The third kappa shape index (κ3) is 3.58. The van der Waals surface area contributed by atoms with Crippen LogP contribution < -0.4 is 9.62 Å². The fourth-order valence-corrected chi connectivity index (χ4v) is 3.04. The van der Waals surface area contributed by atoms with Crippen LogP contribution in [0.4, 0.5) is 11.4 Å². The van der Waals surface area contributed by atoms with Crippen molar-refractivity contribution in [2.45, 2.75) is 11.8 Å². The number of hydrogen-bond acceptors (Lipinski definition) is 3. The molecule has 0 radical (unpaired) electrons. The number of nitrogens with zero attached hydrogens (tertiary/aromatic N) is 1. The average Bonchev–Trinajstić information content (AvgIpc) is 2.47. The molecule has 0 bridgehead atoms. The van der Waals surface area contributed by atoms with Gasteiger partial charge in [-0.1, -0.05) is 23.7 Å². The average molecular weight is 339 g/mol. The number of rotatable bonds is 4. The fraction of sp³-hybridized carbons (Fsp3) is 0.133. The van der Waals surface area contributed by atoms with Crippen molar-refractivity contribution in [1.82, 2.24) is 0 Å². The summed E-state index contributed by atoms with van der Waals surface area (Å²) in [7, 11) is -2.18. The number of anilines is 2. The van der Waals surface area contributed by atoms with Gasteiger partial charge in [0.2, 0.25) is 5.91 Å². The van der Waals surface area contributed by atoms with E-state index in [4.69, 9.17) is 11.6 Å². The largest absolute Gasteiger partial charge is 0.314 e. The Balaban J connectivity index is 2.38. The SMILES string of the molecule is CC(=O)N(C)c1ccccc1NS(=O)(=O)c1ccc(Cl)cc1. The van der Waals surface area contributed by atoms with Gasteiger partial charge in [0.15, 0.2) is 0 Å². The Morgan fingerprint density at radius 3 is 2.27 bits per heavy atom. The van der Waals surface area contributed by atoms with Gasteiger partial charge < -0.3 is 4.90 Å². The maximum atomic E-state index is 12.4. The van der Waals surface area contributed by atoms with Gasteiger partial charge in [-0.2, -0.15) is 0 Å². The second-order valence-electron chi connectivity index (χ2n) is 4.65. The minimum Gasteiger partial charge on any atom is -0.314 e. The Labute approximate surface area is 134 Å². The standard InChI is InChI=1S/C15H15ClN2O3S/c1-11(19)18(2)15-6-4-3-5-14(15)17-22(20,21)13-9-7-12(16)8-10-13/h3-10,17H,1-2H3. The van der Waals surface area contributed by atoms with E-state index in [9.17, 15) is 13.2 Å². The van der Waals surface area contributed by atoms with E-state index in [1.165, 1.54) is 36.1 Å². The predicted octanol–water partition coefficient (Wildman–Crippen LogP) is 3.12. The number of benzene rings is 2. The highest BCUT2D eigenvalue weighted by atomic mass is 35.5. The smallest absolute Gasteiger partial charge is 0.261 e. The lowest BCUT2D eigenvalue weighted by atomic mass is 10.2. The summed E-state index contributed by atoms with van der Waals surface area (Å²) in [6, 6.07) is 12.5. The molecule has 5 nitrogen and oxygen atoms in total. The van der Waals surface area contributed by atoms with E-state index >= 15 is 0 Å². The van der Waals surface area contributed by atoms with Crippen LogP contribution in [0, 0.1) is 0 Å². The first-order valence-electron chi connectivity index (χ1n) is 6.43. The highest BCUT2D eigenvalue weighted by molar-refractivity contribution is 7.92. The zero-order chi connectivity index (χ0) is 16.3. The topological polar surface area (TPSA) is 66.5 Å². The highest BCUT2D eigenvalue weighted by Gasteiger charge is 2.18. The molecular weight excluding hydrogens is 324 g/mol. The molecule has 1 N–H and O–H groups in total. The third-order valence-corrected chi connectivity index (χ3v) is 4.74. The lowest BCUT2D eigenvalue weighted by Gasteiger charge is -2.19. The first-order valence-corrected chi connectivity index (χ1v) is 8.29. The first kappa shape index (κ1) is 16.3. The quantitative estimate of drug-likeness (QED) is 0.931. The van der Waals surface area contributed by atoms with Gasteiger partial charge >= 0.3 is 0 Å². The Bertz CT molecular complexity index is 789. The number of nitrogens with one attached hydrogen (secondary N) is 1. The van der Waals surface area contributed by atoms with Crippen molar-refractivity contribution in [3.05, 3.63) is 53.6 Å². The van der Waals surface area contributed by atoms with Crippen LogP contribution in [0.5, 0.6) is 0 Å². The molecule has 2 aromatic carbocycles. The van der Waals surface area contributed by atoms with Crippen LogP contribution >= 0.6 is 11.6 Å². The van der Waals surface area contributed by atoms with Crippen LogP contribution in [0.2, 0.25) is 5.02 Å². The van der Waals surface area contributed by atoms with Crippen molar-refractivity contribution in [2.75, 3.05) is 16.7 Å². The predicted molar refractivity (Wildman–Crippen MR) is 87.8 cm³/mol. The summed E-state index contributed by atoms with van der Waals surface area (Å²) in [6.45, 7) is 1.41. The number of carbonyl (C=O) groups excluding carboxylic acids is 1. The number of sulfonamides is 1. The molecule has 22 heavy (non-hydrogen) atoms. The molecule has 0 aromatic heterocycles. The molecule has 0 spiro atoms. The molecule has 0 heterocycles. The zero-order valence-electron chi connectivity index (χ0n) is 12.1. The minimum atomic E-state index is -3.76. The number of carbonyl (C=O) groups is 1. The summed E-state index contributed by atoms with van der Waals surface area (Å²) < 4.78 is 27.3. The van der Waals surface area contributed by atoms with Crippen molar-refractivity contribution in [3.8, 4) is 0 Å². The van der Waals surface area contributed by atoms with Gasteiger partial charge in [-0.15, -0.1) is 0 Å². The van der Waals surface area contributed by atoms with E-state index in [-0.39, 0.29) is 10.8 Å². The molecule has 0 atom stereocenters. The van der Waals surface area contributed by atoms with E-state index in [2.05, 4.69) is 4.72 Å². The molecule has 0 fully saturated rings. The Morgan fingerprint density at radius 1 is 1.09 bits per heavy atom. The fourth-order valence-electron chi connectivity index (χ4n) is 1.84. The van der Waals surface area contributed by atoms with Crippen molar-refractivity contribution in [2.24, 2.45) is 0 Å². The molecule has 2 rings (SSSR count). The van der Waals surface area contributed by atoms with Crippen molar-refractivity contribution in [3.63, 3.8) is 0 Å². The highest BCUT2D eigenvalue weighted by Crippen LogP contribution is 2.27. The molecular formula is C15H15ClN2O3S. The lowest BCUT2D eigenvalue weighted by Crippen LogP contribution is -2.24. The van der Waals surface area contributed by atoms with Crippen LogP contribution in [0.25, 0.3) is 0 Å². The van der Waals surface area contributed by atoms with Crippen molar-refractivity contribution >= 4 is 38.9 Å². The second kappa shape index (κ2) is 6.37. The van der Waals surface area contributed by atoms with E-state index in [1.54, 1.807) is 31.3 Å². The summed E-state index contributed by atoms with van der Waals surface area (Å²) in [4.78, 5) is 13.0. The van der Waals surface area contributed by atoms with E-state index in [0.29, 0.717) is 16.4 Å². The molecule has 2 aromatic rings. The first-order chi connectivity index (χ1) is 10.3. The summed E-state index contributed by atoms with van der Waals surface area (Å²) >= 11 is 5.76. The Hall–Kier alpha value is -2.05. The molecule has 0 aliphatic rings. The van der Waals surface area contributed by atoms with Gasteiger partial charge in [0.25, 0.3) is 10.0 Å². The molecule has 0 unspecified atom stereocenters. The van der Waals surface area contributed by atoms with Crippen LogP contribution in [0.3, 0.4) is 0 Å². The summed E-state index contributed by atoms with van der Waals surface area (Å²) in [5.41, 5.74) is 0.808. The maximum absolute atomic E-state index is 12.4. The summed E-state index contributed by atoms with van der Waals surface area (Å²) in [6.07, 6.45) is 0. The zero-order valence-corrected chi connectivity index (χ0v) is 13.6. The number of hydrogen-bond donors (Lipinski definition) is 1. The summed E-state index contributed by atoms with van der Waals surface area (Å²) in [5.74, 6) is -0.196. The molecule has 0 saturated carbocycles. The van der Waals surface area contributed by atoms with E-state index < -0.39 is 10.0 Å². The van der Waals surface area contributed by atoms with Crippen LogP contribution in [-0.4, -0.2) is 21.4 Å². The van der Waals surface area contributed by atoms with Crippen LogP contribution in [0.1, 0.15) is 6.92 Å². The number of para-hydroxylation sites is 2. The van der Waals surface area contributed by atoms with Gasteiger partial charge in [-0.25, -0.2) is 8.42 Å². The summed E-state index contributed by atoms with van der Waals surface area (Å²) in [5, 5.41) is 0.454. The Kier molecular flexibility index (Phi) is 4.73. The number of halogens is 1. The van der Waals surface area contributed by atoms with Gasteiger partial charge in [0.05, 0.1) is 16.3 Å². The van der Waals surface area contributed by atoms with Gasteiger partial charge in [0.1, 0.15) is 0 Å². The molecule has 1 amide bonds. The monoisotopic (exact) mass is 338 g/mol. The van der Waals surface area contributed by atoms with E-state index in [1.807, 2.05) is 0 Å². The number of amides is 1. The van der Waals surface area contributed by atoms with Crippen LogP contribution in [-0.2, 0) is 14.8 Å². The van der Waals surface area contributed by atoms with E-state index in [0.717, 1.165) is 0 Å². The lowest BCUT2D eigenvalue weighted by molar-refractivity contribution is -0.116. The maximum Gasteiger partial charge on any atom is 0.261 e. The van der Waals surface area contributed by atoms with Crippen molar-refractivity contribution < 1.29 is 13.2 Å².